The molecular weight excluding hydrogens is 483 g/mol. The van der Waals surface area contributed by atoms with Crippen molar-refractivity contribution in [2.45, 2.75) is 48.3 Å². The van der Waals surface area contributed by atoms with Gasteiger partial charge in [-0.2, -0.15) is 9.49 Å². The molecule has 0 radical (unpaired) electrons. The molecular formula is C22H25FN4O5S2. The van der Waals surface area contributed by atoms with Gasteiger partial charge in [0.05, 0.1) is 30.3 Å². The molecule has 0 bridgehead atoms. The summed E-state index contributed by atoms with van der Waals surface area (Å²) in [4.78, 5) is 17.4. The monoisotopic (exact) mass is 508 g/mol. The molecule has 1 saturated carbocycles. The van der Waals surface area contributed by atoms with Crippen LogP contribution < -0.4 is 10.1 Å². The van der Waals surface area contributed by atoms with Crippen molar-refractivity contribution in [1.29, 1.82) is 0 Å². The van der Waals surface area contributed by atoms with Crippen LogP contribution >= 0.6 is 11.3 Å². The van der Waals surface area contributed by atoms with Gasteiger partial charge in [-0.1, -0.05) is 11.3 Å². The van der Waals surface area contributed by atoms with Crippen LogP contribution in [0.25, 0.3) is 10.9 Å². The first-order chi connectivity index (χ1) is 16.4. The highest BCUT2D eigenvalue weighted by molar-refractivity contribution is 7.92. The first kappa shape index (κ1) is 23.2. The zero-order valence-corrected chi connectivity index (χ0v) is 20.2. The second-order valence-electron chi connectivity index (χ2n) is 8.63. The number of thiazole rings is 1. The third-order valence-corrected chi connectivity index (χ3v) is 9.41. The molecule has 0 spiro atoms. The van der Waals surface area contributed by atoms with Gasteiger partial charge in [0.15, 0.2) is 20.1 Å². The van der Waals surface area contributed by atoms with E-state index in [2.05, 4.69) is 15.4 Å². The van der Waals surface area contributed by atoms with E-state index in [4.69, 9.17) is 9.47 Å². The Morgan fingerprint density at radius 3 is 2.71 bits per heavy atom. The lowest BCUT2D eigenvalue weighted by Gasteiger charge is -2.26. The summed E-state index contributed by atoms with van der Waals surface area (Å²) in [6.45, 7) is 1.25. The fourth-order valence-electron chi connectivity index (χ4n) is 4.44. The Hall–Kier alpha value is -2.57. The van der Waals surface area contributed by atoms with E-state index in [9.17, 15) is 17.6 Å². The highest BCUT2D eigenvalue weighted by Gasteiger charge is 2.40. The summed E-state index contributed by atoms with van der Waals surface area (Å²) in [6.07, 6.45) is 5.88. The van der Waals surface area contributed by atoms with Crippen molar-refractivity contribution in [1.82, 2.24) is 14.8 Å². The zero-order chi connectivity index (χ0) is 23.9. The van der Waals surface area contributed by atoms with E-state index in [0.717, 1.165) is 30.4 Å². The first-order valence-corrected chi connectivity index (χ1v) is 13.5. The number of nitrogens with zero attached hydrogens (tertiary/aromatic N) is 3. The van der Waals surface area contributed by atoms with E-state index in [0.29, 0.717) is 43.4 Å². The highest BCUT2D eigenvalue weighted by Crippen LogP contribution is 2.42. The van der Waals surface area contributed by atoms with E-state index < -0.39 is 26.3 Å². The minimum Gasteiger partial charge on any atom is -0.495 e. The van der Waals surface area contributed by atoms with Gasteiger partial charge in [-0.3, -0.25) is 9.48 Å². The molecule has 9 nitrogen and oxygen atoms in total. The summed E-state index contributed by atoms with van der Waals surface area (Å²) in [5.74, 6) is 0.112. The van der Waals surface area contributed by atoms with Gasteiger partial charge in [-0.15, -0.1) is 0 Å². The zero-order valence-electron chi connectivity index (χ0n) is 18.6. The van der Waals surface area contributed by atoms with Gasteiger partial charge in [0.1, 0.15) is 16.7 Å². The molecule has 1 N–H and O–H groups in total. The van der Waals surface area contributed by atoms with Gasteiger partial charge in [0.2, 0.25) is 0 Å². The summed E-state index contributed by atoms with van der Waals surface area (Å²) in [7, 11) is -2.15. The number of amides is 1. The van der Waals surface area contributed by atoms with Gasteiger partial charge in [0, 0.05) is 18.6 Å². The normalized spacial score (nSPS) is 18.2. The number of benzene rings is 1. The van der Waals surface area contributed by atoms with Gasteiger partial charge >= 0.3 is 0 Å². The Balaban J connectivity index is 1.56. The van der Waals surface area contributed by atoms with Gasteiger partial charge in [0.25, 0.3) is 5.91 Å². The molecule has 2 fully saturated rings. The standard InChI is InChI=1S/C22H25FN4O5S2/c1-31-18-5-4-16-15(20(18)34(29,30)14-2-3-14)11-25-27(16)17(10-13-6-8-32-9-7-13)21(28)26-22-24-12-19(23)33-22/h4-5,11-14,17H,2-3,6-10H2,1H3,(H,24,26,28)/t17-/m1/s1. The maximum Gasteiger partial charge on any atom is 0.251 e. The number of hydrogen-bond acceptors (Lipinski definition) is 8. The first-order valence-electron chi connectivity index (χ1n) is 11.2. The second-order valence-corrected chi connectivity index (χ2v) is 11.8. The van der Waals surface area contributed by atoms with Crippen molar-refractivity contribution in [2.24, 2.45) is 5.92 Å². The number of carbonyl (C=O) groups excluding carboxylic acids is 1. The number of aromatic nitrogens is 3. The molecule has 2 aliphatic rings. The molecule has 3 aromatic rings. The maximum atomic E-state index is 13.4. The molecule has 1 atom stereocenters. The lowest BCUT2D eigenvalue weighted by atomic mass is 9.92. The number of carbonyl (C=O) groups is 1. The van der Waals surface area contributed by atoms with Gasteiger partial charge in [-0.05, 0) is 50.2 Å². The molecule has 182 valence electrons. The van der Waals surface area contributed by atoms with Crippen molar-refractivity contribution in [3.8, 4) is 5.75 Å². The van der Waals surface area contributed by atoms with Gasteiger partial charge < -0.3 is 14.8 Å². The maximum absolute atomic E-state index is 13.4. The lowest BCUT2D eigenvalue weighted by Crippen LogP contribution is -2.30. The third-order valence-electron chi connectivity index (χ3n) is 6.37. The predicted octanol–water partition coefficient (Wildman–Crippen LogP) is 3.57. The lowest BCUT2D eigenvalue weighted by molar-refractivity contribution is -0.120. The van der Waals surface area contributed by atoms with E-state index in [1.54, 1.807) is 16.8 Å². The van der Waals surface area contributed by atoms with E-state index in [1.807, 2.05) is 0 Å². The van der Waals surface area contributed by atoms with E-state index in [-0.39, 0.29) is 27.6 Å². The summed E-state index contributed by atoms with van der Waals surface area (Å²) >= 11 is 0.746. The van der Waals surface area contributed by atoms with E-state index >= 15 is 0 Å². The summed E-state index contributed by atoms with van der Waals surface area (Å²) < 4.78 is 52.3. The molecule has 1 amide bonds. The molecule has 34 heavy (non-hydrogen) atoms. The number of anilines is 1. The highest BCUT2D eigenvalue weighted by atomic mass is 32.2. The molecule has 5 rings (SSSR count). The Labute approximate surface area is 200 Å². The van der Waals surface area contributed by atoms with Crippen molar-refractivity contribution in [3.05, 3.63) is 29.7 Å². The predicted molar refractivity (Wildman–Crippen MR) is 124 cm³/mol. The van der Waals surface area contributed by atoms with Crippen molar-refractivity contribution in [3.63, 3.8) is 0 Å². The number of rotatable bonds is 8. The van der Waals surface area contributed by atoms with Crippen LogP contribution in [0.1, 0.15) is 38.1 Å². The van der Waals surface area contributed by atoms with Crippen molar-refractivity contribution >= 4 is 43.1 Å². The minimum absolute atomic E-state index is 0.119. The Kier molecular flexibility index (Phi) is 6.30. The van der Waals surface area contributed by atoms with E-state index in [1.165, 1.54) is 13.3 Å². The van der Waals surface area contributed by atoms with Crippen LogP contribution in [0, 0.1) is 11.0 Å². The smallest absolute Gasteiger partial charge is 0.251 e. The number of hydrogen-bond donors (Lipinski definition) is 1. The average molecular weight is 509 g/mol. The van der Waals surface area contributed by atoms with Crippen LogP contribution in [0.3, 0.4) is 0 Å². The van der Waals surface area contributed by atoms with Crippen LogP contribution in [-0.4, -0.2) is 54.7 Å². The number of fused-ring (bicyclic) bond motifs is 1. The summed E-state index contributed by atoms with van der Waals surface area (Å²) in [6, 6.07) is 2.59. The van der Waals surface area contributed by atoms with Gasteiger partial charge in [-0.25, -0.2) is 13.4 Å². The molecule has 1 saturated heterocycles. The van der Waals surface area contributed by atoms with Crippen LogP contribution in [0.2, 0.25) is 0 Å². The second kappa shape index (κ2) is 9.23. The topological polar surface area (TPSA) is 112 Å². The fraction of sp³-hybridized carbons (Fsp3) is 0.500. The van der Waals surface area contributed by atoms with Crippen molar-refractivity contribution < 1.29 is 27.1 Å². The molecule has 2 aromatic heterocycles. The van der Waals surface area contributed by atoms with Crippen LogP contribution in [0.4, 0.5) is 9.52 Å². The summed E-state index contributed by atoms with van der Waals surface area (Å²) in [5.41, 5.74) is 0.526. The number of ether oxygens (including phenoxy) is 2. The average Bonchev–Trinajstić information content (AvgIpc) is 3.51. The molecule has 1 aliphatic carbocycles. The van der Waals surface area contributed by atoms with Crippen LogP contribution in [-0.2, 0) is 19.4 Å². The quantitative estimate of drug-likeness (QED) is 0.495. The number of sulfone groups is 1. The number of nitrogens with one attached hydrogen (secondary N) is 1. The number of methoxy groups -OCH3 is 1. The SMILES string of the molecule is COc1ccc2c(cnn2[C@H](CC2CCOCC2)C(=O)Nc2ncc(F)s2)c1S(=O)(=O)C1CC1. The molecule has 12 heteroatoms. The molecule has 0 unspecified atom stereocenters. The molecule has 3 heterocycles. The molecule has 1 aliphatic heterocycles. The van der Waals surface area contributed by atoms with Crippen molar-refractivity contribution in [2.75, 3.05) is 25.6 Å². The minimum atomic E-state index is -3.59. The van der Waals surface area contributed by atoms with Crippen LogP contribution in [0.15, 0.2) is 29.4 Å². The molecule has 1 aromatic carbocycles. The Morgan fingerprint density at radius 1 is 1.29 bits per heavy atom. The number of halogens is 1. The fourth-order valence-corrected chi connectivity index (χ4v) is 6.97. The Morgan fingerprint density at radius 2 is 2.06 bits per heavy atom. The third kappa shape index (κ3) is 4.41. The largest absolute Gasteiger partial charge is 0.495 e. The summed E-state index contributed by atoms with van der Waals surface area (Å²) in [5, 5.41) is 6.84. The van der Waals surface area contributed by atoms with Crippen LogP contribution in [0.5, 0.6) is 5.75 Å². The Bertz CT molecular complexity index is 1310.